The van der Waals surface area contributed by atoms with Gasteiger partial charge in [-0.25, -0.2) is 13.2 Å². The molecule has 3 nitrogen and oxygen atoms in total. The number of Topliss-reactive ketones (excluding diaryl/α,β-unsaturated/α-hetero) is 1. The number of carbonyl (C=O) groups is 2. The summed E-state index contributed by atoms with van der Waals surface area (Å²) in [5.74, 6) is -7.59. The van der Waals surface area contributed by atoms with Crippen molar-refractivity contribution in [1.29, 1.82) is 0 Å². The molecule has 1 fully saturated rings. The number of rotatable bonds is 3. The van der Waals surface area contributed by atoms with Crippen molar-refractivity contribution in [2.24, 2.45) is 17.8 Å². The molecule has 6 heteroatoms. The van der Waals surface area contributed by atoms with Gasteiger partial charge in [-0.2, -0.15) is 0 Å². The first-order valence-corrected chi connectivity index (χ1v) is 6.22. The van der Waals surface area contributed by atoms with Crippen molar-refractivity contribution in [2.45, 2.75) is 19.8 Å². The molecule has 2 rings (SSSR count). The van der Waals surface area contributed by atoms with Crippen LogP contribution in [-0.4, -0.2) is 16.9 Å². The van der Waals surface area contributed by atoms with E-state index in [0.717, 1.165) is 0 Å². The Morgan fingerprint density at radius 1 is 1.05 bits per heavy atom. The third-order valence-corrected chi connectivity index (χ3v) is 3.73. The van der Waals surface area contributed by atoms with Crippen molar-refractivity contribution in [3.05, 3.63) is 35.1 Å². The Morgan fingerprint density at radius 2 is 1.60 bits per heavy atom. The zero-order valence-electron chi connectivity index (χ0n) is 10.7. The summed E-state index contributed by atoms with van der Waals surface area (Å²) in [6.07, 6.45) is 0.616. The van der Waals surface area contributed by atoms with E-state index in [0.29, 0.717) is 25.0 Å². The van der Waals surface area contributed by atoms with Crippen LogP contribution in [-0.2, 0) is 4.79 Å². The molecule has 0 radical (unpaired) electrons. The minimum absolute atomic E-state index is 0.0124. The Balaban J connectivity index is 2.36. The molecule has 0 bridgehead atoms. The fraction of sp³-hybridized carbons (Fsp3) is 0.429. The zero-order valence-corrected chi connectivity index (χ0v) is 10.7. The van der Waals surface area contributed by atoms with Gasteiger partial charge in [-0.15, -0.1) is 0 Å². The third kappa shape index (κ3) is 2.55. The molecule has 1 saturated carbocycles. The van der Waals surface area contributed by atoms with Crippen LogP contribution in [0.5, 0.6) is 0 Å². The van der Waals surface area contributed by atoms with E-state index in [1.165, 1.54) is 0 Å². The maximum absolute atomic E-state index is 13.6. The molecule has 0 spiro atoms. The third-order valence-electron chi connectivity index (χ3n) is 3.73. The van der Waals surface area contributed by atoms with E-state index in [9.17, 15) is 22.8 Å². The molecule has 1 aromatic rings. The van der Waals surface area contributed by atoms with Gasteiger partial charge in [0.25, 0.3) is 0 Å². The highest BCUT2D eigenvalue weighted by Gasteiger charge is 2.42. The summed E-state index contributed by atoms with van der Waals surface area (Å²) in [4.78, 5) is 23.3. The van der Waals surface area contributed by atoms with Crippen LogP contribution in [0, 0.1) is 35.2 Å². The fourth-order valence-corrected chi connectivity index (χ4v) is 2.77. The van der Waals surface area contributed by atoms with Crippen molar-refractivity contribution in [3.63, 3.8) is 0 Å². The first kappa shape index (κ1) is 14.6. The molecule has 0 heterocycles. The second-order valence-corrected chi connectivity index (χ2v) is 5.24. The topological polar surface area (TPSA) is 54.4 Å². The Kier molecular flexibility index (Phi) is 3.83. The van der Waals surface area contributed by atoms with Gasteiger partial charge in [-0.05, 0) is 24.8 Å². The number of halogens is 3. The molecule has 108 valence electrons. The number of ketones is 1. The van der Waals surface area contributed by atoms with E-state index in [4.69, 9.17) is 5.11 Å². The van der Waals surface area contributed by atoms with E-state index in [2.05, 4.69) is 0 Å². The van der Waals surface area contributed by atoms with Gasteiger partial charge in [0.1, 0.15) is 5.82 Å². The largest absolute Gasteiger partial charge is 0.481 e. The van der Waals surface area contributed by atoms with Crippen LogP contribution in [0.1, 0.15) is 30.1 Å². The molecule has 1 aliphatic rings. The van der Waals surface area contributed by atoms with Gasteiger partial charge in [0.2, 0.25) is 0 Å². The highest BCUT2D eigenvalue weighted by atomic mass is 19.2. The van der Waals surface area contributed by atoms with Crippen LogP contribution in [0.25, 0.3) is 0 Å². The molecule has 3 unspecified atom stereocenters. The van der Waals surface area contributed by atoms with E-state index in [-0.39, 0.29) is 5.92 Å². The molecule has 0 saturated heterocycles. The monoisotopic (exact) mass is 286 g/mol. The number of aliphatic carboxylic acids is 1. The van der Waals surface area contributed by atoms with Gasteiger partial charge < -0.3 is 5.11 Å². The Morgan fingerprint density at radius 3 is 2.20 bits per heavy atom. The van der Waals surface area contributed by atoms with Gasteiger partial charge in [0, 0.05) is 12.0 Å². The van der Waals surface area contributed by atoms with Crippen LogP contribution in [0.2, 0.25) is 0 Å². The van der Waals surface area contributed by atoms with E-state index >= 15 is 0 Å². The molecule has 0 amide bonds. The number of carboxylic acids is 1. The van der Waals surface area contributed by atoms with Crippen LogP contribution in [0.15, 0.2) is 12.1 Å². The van der Waals surface area contributed by atoms with E-state index < -0.39 is 46.6 Å². The molecule has 0 aliphatic heterocycles. The minimum atomic E-state index is -1.38. The maximum atomic E-state index is 13.6. The van der Waals surface area contributed by atoms with E-state index in [1.54, 1.807) is 6.92 Å². The number of hydrogen-bond donors (Lipinski definition) is 1. The average Bonchev–Trinajstić information content (AvgIpc) is 2.75. The van der Waals surface area contributed by atoms with Gasteiger partial charge in [-0.1, -0.05) is 6.92 Å². The lowest BCUT2D eigenvalue weighted by Crippen LogP contribution is -2.26. The summed E-state index contributed by atoms with van der Waals surface area (Å²) >= 11 is 0. The lowest BCUT2D eigenvalue weighted by molar-refractivity contribution is -0.142. The second kappa shape index (κ2) is 5.26. The normalized spacial score (nSPS) is 25.7. The summed E-state index contributed by atoms with van der Waals surface area (Å²) in [7, 11) is 0. The summed E-state index contributed by atoms with van der Waals surface area (Å²) in [5, 5.41) is 9.09. The summed E-state index contributed by atoms with van der Waals surface area (Å²) < 4.78 is 39.6. The second-order valence-electron chi connectivity index (χ2n) is 5.24. The lowest BCUT2D eigenvalue weighted by Gasteiger charge is -2.15. The number of hydrogen-bond acceptors (Lipinski definition) is 2. The number of carbonyl (C=O) groups excluding carboxylic acids is 1. The van der Waals surface area contributed by atoms with Crippen molar-refractivity contribution >= 4 is 11.8 Å². The Hall–Kier alpha value is -1.85. The van der Waals surface area contributed by atoms with Crippen molar-refractivity contribution in [1.82, 2.24) is 0 Å². The average molecular weight is 286 g/mol. The molecule has 0 aromatic heterocycles. The predicted molar refractivity (Wildman–Crippen MR) is 63.7 cm³/mol. The summed E-state index contributed by atoms with van der Waals surface area (Å²) in [5.41, 5.74) is -0.589. The highest BCUT2D eigenvalue weighted by molar-refractivity contribution is 6.00. The first-order chi connectivity index (χ1) is 9.31. The minimum Gasteiger partial charge on any atom is -0.481 e. The van der Waals surface area contributed by atoms with Crippen LogP contribution < -0.4 is 0 Å². The van der Waals surface area contributed by atoms with Gasteiger partial charge in [0.05, 0.1) is 11.5 Å². The van der Waals surface area contributed by atoms with Crippen LogP contribution in [0.3, 0.4) is 0 Å². The van der Waals surface area contributed by atoms with Crippen LogP contribution in [0.4, 0.5) is 13.2 Å². The maximum Gasteiger partial charge on any atom is 0.307 e. The Bertz CT molecular complexity index is 571. The molecule has 1 aliphatic carbocycles. The highest BCUT2D eigenvalue weighted by Crippen LogP contribution is 2.38. The standard InChI is InChI=1S/C14H13F3O3/c1-6-2-7(8(3-6)14(19)20)13(18)9-4-11(16)12(17)5-10(9)15/h4-8H,2-3H2,1H3,(H,19,20). The molecule has 1 N–H and O–H groups in total. The molecule has 3 atom stereocenters. The zero-order chi connectivity index (χ0) is 15.0. The molecule has 20 heavy (non-hydrogen) atoms. The van der Waals surface area contributed by atoms with Gasteiger partial charge in [0.15, 0.2) is 17.4 Å². The van der Waals surface area contributed by atoms with Crippen molar-refractivity contribution in [3.8, 4) is 0 Å². The Labute approximate surface area is 113 Å². The first-order valence-electron chi connectivity index (χ1n) is 6.22. The quantitative estimate of drug-likeness (QED) is 0.686. The molecular weight excluding hydrogens is 273 g/mol. The van der Waals surface area contributed by atoms with Gasteiger partial charge >= 0.3 is 5.97 Å². The summed E-state index contributed by atoms with van der Waals surface area (Å²) in [6.45, 7) is 1.80. The fourth-order valence-electron chi connectivity index (χ4n) is 2.77. The van der Waals surface area contributed by atoms with Crippen LogP contribution >= 0.6 is 0 Å². The smallest absolute Gasteiger partial charge is 0.307 e. The van der Waals surface area contributed by atoms with E-state index in [1.807, 2.05) is 0 Å². The number of benzene rings is 1. The molecular formula is C14H13F3O3. The van der Waals surface area contributed by atoms with Crippen molar-refractivity contribution in [2.75, 3.05) is 0 Å². The SMILES string of the molecule is CC1CC(C(=O)O)C(C(=O)c2cc(F)c(F)cc2F)C1. The van der Waals surface area contributed by atoms with Gasteiger partial charge in [-0.3, -0.25) is 9.59 Å². The predicted octanol–water partition coefficient (Wildman–Crippen LogP) is 3.03. The molecule has 1 aromatic carbocycles. The number of carboxylic acid groups (broad SMARTS) is 1. The lowest BCUT2D eigenvalue weighted by atomic mass is 9.88. The van der Waals surface area contributed by atoms with Crippen molar-refractivity contribution < 1.29 is 27.9 Å². The summed E-state index contributed by atoms with van der Waals surface area (Å²) in [6, 6.07) is 0.797.